The minimum absolute atomic E-state index is 0.299. The quantitative estimate of drug-likeness (QED) is 0.754. The molecule has 0 aliphatic carbocycles. The highest BCUT2D eigenvalue weighted by molar-refractivity contribution is 8.06. The molecule has 66 valence electrons. The van der Waals surface area contributed by atoms with E-state index in [9.17, 15) is 0 Å². The van der Waals surface area contributed by atoms with Gasteiger partial charge in [-0.2, -0.15) is 0 Å². The van der Waals surface area contributed by atoms with Gasteiger partial charge in [0.05, 0.1) is 0 Å². The highest BCUT2D eigenvalue weighted by atomic mass is 35.5. The highest BCUT2D eigenvalue weighted by Crippen LogP contribution is 2.37. The Bertz CT molecular complexity index is 307. The third kappa shape index (κ3) is 3.52. The van der Waals surface area contributed by atoms with E-state index in [1.807, 2.05) is 0 Å². The molecule has 1 rings (SSSR count). The molecule has 0 aliphatic rings. The zero-order chi connectivity index (χ0) is 9.19. The van der Waals surface area contributed by atoms with Crippen molar-refractivity contribution in [2.75, 3.05) is 0 Å². The van der Waals surface area contributed by atoms with Gasteiger partial charge in [0.15, 0.2) is 0 Å². The second-order valence-electron chi connectivity index (χ2n) is 2.04. The molecule has 0 atom stereocenters. The first-order valence-corrected chi connectivity index (χ1v) is 5.98. The van der Waals surface area contributed by atoms with E-state index in [2.05, 4.69) is 16.3 Å². The van der Waals surface area contributed by atoms with Crippen LogP contribution in [0.25, 0.3) is 0 Å². The summed E-state index contributed by atoms with van der Waals surface area (Å²) < 4.78 is 4.64. The van der Waals surface area contributed by atoms with Crippen LogP contribution in [0.1, 0.15) is 0 Å². The lowest BCUT2D eigenvalue weighted by Gasteiger charge is -2.08. The first kappa shape index (κ1) is 9.96. The predicted octanol–water partition coefficient (Wildman–Crippen LogP) is 1.93. The smallest absolute Gasteiger partial charge is 0.375 e. The Morgan fingerprint density at radius 1 is 1.25 bits per heavy atom. The minimum atomic E-state index is -3.61. The van der Waals surface area contributed by atoms with Crippen LogP contribution in [0.15, 0.2) is 24.3 Å². The normalized spacial score (nSPS) is 11.2. The number of rotatable bonds is 2. The number of halogens is 1. The van der Waals surface area contributed by atoms with Gasteiger partial charge in [-0.25, -0.2) is 0 Å². The maximum absolute atomic E-state index is 8.77. The Labute approximate surface area is 79.8 Å². The first-order chi connectivity index (χ1) is 5.47. The van der Waals surface area contributed by atoms with E-state index in [0.29, 0.717) is 10.8 Å². The molecule has 0 amide bonds. The molecule has 0 saturated heterocycles. The van der Waals surface area contributed by atoms with Crippen molar-refractivity contribution in [3.63, 3.8) is 0 Å². The largest absolute Gasteiger partial charge is 0.424 e. The fraction of sp³-hybridized carbons (Fsp3) is 0. The molecule has 3 nitrogen and oxygen atoms in total. The Morgan fingerprint density at radius 3 is 2.17 bits per heavy atom. The van der Waals surface area contributed by atoms with Crippen molar-refractivity contribution in [1.82, 2.24) is 0 Å². The van der Waals surface area contributed by atoms with Crippen LogP contribution >= 0.6 is 18.3 Å². The van der Waals surface area contributed by atoms with Crippen LogP contribution < -0.4 is 4.52 Å². The van der Waals surface area contributed by atoms with E-state index in [1.165, 1.54) is 12.1 Å². The van der Waals surface area contributed by atoms with Crippen molar-refractivity contribution >= 4 is 30.1 Å². The number of hydrogen-bond donors (Lipinski definition) is 2. The van der Waals surface area contributed by atoms with Gasteiger partial charge in [-0.1, -0.05) is 11.6 Å². The fourth-order valence-electron chi connectivity index (χ4n) is 0.633. The van der Waals surface area contributed by atoms with Crippen molar-refractivity contribution < 1.29 is 14.3 Å². The maximum atomic E-state index is 8.77. The SMILES string of the molecule is OP(O)(=S)Oc1ccc(Cl)cc1. The maximum Gasteiger partial charge on any atom is 0.375 e. The standard InChI is InChI=1S/C6H6ClO3PS/c7-5-1-3-6(4-2-5)10-11(8,9)12/h1-4H,(H2,8,9,12). The molecule has 1 aromatic rings. The van der Waals surface area contributed by atoms with E-state index in [4.69, 9.17) is 21.4 Å². The summed E-state index contributed by atoms with van der Waals surface area (Å²) in [4.78, 5) is 17.5. The molecule has 2 N–H and O–H groups in total. The lowest BCUT2D eigenvalue weighted by Crippen LogP contribution is -1.88. The fourth-order valence-corrected chi connectivity index (χ4v) is 1.41. The average Bonchev–Trinajstić information content (AvgIpc) is 1.91. The summed E-state index contributed by atoms with van der Waals surface area (Å²) in [6.07, 6.45) is 0. The third-order valence-corrected chi connectivity index (χ3v) is 1.96. The van der Waals surface area contributed by atoms with Crippen molar-refractivity contribution in [1.29, 1.82) is 0 Å². The van der Waals surface area contributed by atoms with Crippen molar-refractivity contribution in [2.45, 2.75) is 0 Å². The van der Waals surface area contributed by atoms with E-state index >= 15 is 0 Å². The molecule has 0 unspecified atom stereocenters. The summed E-state index contributed by atoms with van der Waals surface area (Å²) in [6, 6.07) is 6.16. The van der Waals surface area contributed by atoms with Crippen molar-refractivity contribution in [2.24, 2.45) is 0 Å². The summed E-state index contributed by atoms with van der Waals surface area (Å²) in [5.74, 6) is 0.299. The highest BCUT2D eigenvalue weighted by Gasteiger charge is 2.08. The van der Waals surface area contributed by atoms with Crippen molar-refractivity contribution in [3.8, 4) is 5.75 Å². The van der Waals surface area contributed by atoms with Crippen LogP contribution in [0.5, 0.6) is 5.75 Å². The van der Waals surface area contributed by atoms with Gasteiger partial charge in [0.1, 0.15) is 5.75 Å². The number of benzene rings is 1. The summed E-state index contributed by atoms with van der Waals surface area (Å²) in [6.45, 7) is -3.61. The van der Waals surface area contributed by atoms with Crippen LogP contribution in [0.4, 0.5) is 0 Å². The van der Waals surface area contributed by atoms with Crippen LogP contribution in [-0.2, 0) is 11.8 Å². The van der Waals surface area contributed by atoms with Crippen LogP contribution in [0.2, 0.25) is 5.02 Å². The van der Waals surface area contributed by atoms with Gasteiger partial charge in [0, 0.05) is 16.8 Å². The Balaban J connectivity index is 2.78. The van der Waals surface area contributed by atoms with Gasteiger partial charge in [0.2, 0.25) is 0 Å². The molecule has 0 spiro atoms. The molecular formula is C6H6ClO3PS. The molecule has 0 heterocycles. The Kier molecular flexibility index (Phi) is 3.09. The topological polar surface area (TPSA) is 49.7 Å². The van der Waals surface area contributed by atoms with Gasteiger partial charge in [-0.3, -0.25) is 0 Å². The second kappa shape index (κ2) is 3.73. The molecule has 0 fully saturated rings. The van der Waals surface area contributed by atoms with E-state index in [-0.39, 0.29) is 0 Å². The predicted molar refractivity (Wildman–Crippen MR) is 50.8 cm³/mol. The van der Waals surface area contributed by atoms with Gasteiger partial charge in [-0.15, -0.1) is 0 Å². The monoisotopic (exact) mass is 224 g/mol. The molecular weight excluding hydrogens is 219 g/mol. The molecule has 0 saturated carbocycles. The molecule has 0 radical (unpaired) electrons. The van der Waals surface area contributed by atoms with E-state index in [1.54, 1.807) is 12.1 Å². The molecule has 0 aliphatic heterocycles. The second-order valence-corrected chi connectivity index (χ2v) is 5.06. The zero-order valence-electron chi connectivity index (χ0n) is 5.85. The minimum Gasteiger partial charge on any atom is -0.424 e. The van der Waals surface area contributed by atoms with E-state index < -0.39 is 6.72 Å². The molecule has 0 bridgehead atoms. The molecule has 6 heteroatoms. The van der Waals surface area contributed by atoms with Gasteiger partial charge < -0.3 is 14.3 Å². The van der Waals surface area contributed by atoms with Gasteiger partial charge in [-0.05, 0) is 24.3 Å². The van der Waals surface area contributed by atoms with Crippen molar-refractivity contribution in [3.05, 3.63) is 29.3 Å². The van der Waals surface area contributed by atoms with Crippen LogP contribution in [-0.4, -0.2) is 9.79 Å². The summed E-state index contributed by atoms with van der Waals surface area (Å²) in [5.41, 5.74) is 0. The summed E-state index contributed by atoms with van der Waals surface area (Å²) in [5, 5.41) is 0.548. The summed E-state index contributed by atoms with van der Waals surface area (Å²) >= 11 is 9.85. The molecule has 12 heavy (non-hydrogen) atoms. The summed E-state index contributed by atoms with van der Waals surface area (Å²) in [7, 11) is 0. The molecule has 1 aromatic carbocycles. The van der Waals surface area contributed by atoms with Gasteiger partial charge >= 0.3 is 6.72 Å². The molecule has 0 aromatic heterocycles. The Hall–Kier alpha value is -0.120. The number of hydrogen-bond acceptors (Lipinski definition) is 2. The first-order valence-electron chi connectivity index (χ1n) is 2.98. The lowest BCUT2D eigenvalue weighted by atomic mass is 10.3. The Morgan fingerprint density at radius 2 is 1.75 bits per heavy atom. The average molecular weight is 225 g/mol. The lowest BCUT2D eigenvalue weighted by molar-refractivity contribution is 0.370. The zero-order valence-corrected chi connectivity index (χ0v) is 8.31. The van der Waals surface area contributed by atoms with Crippen LogP contribution in [0, 0.1) is 0 Å². The van der Waals surface area contributed by atoms with Crippen LogP contribution in [0.3, 0.4) is 0 Å². The van der Waals surface area contributed by atoms with Gasteiger partial charge in [0.25, 0.3) is 0 Å². The van der Waals surface area contributed by atoms with E-state index in [0.717, 1.165) is 0 Å². The third-order valence-electron chi connectivity index (χ3n) is 1.04.